The maximum Gasteiger partial charge on any atom is 0.407 e. The summed E-state index contributed by atoms with van der Waals surface area (Å²) in [6.45, 7) is 3.15. The SMILES string of the molecule is CCOC(=O)C1CCC(CNC(=O)OCc2ccccc2)CC1. The Kier molecular flexibility index (Phi) is 6.91. The van der Waals surface area contributed by atoms with Crippen molar-refractivity contribution in [2.24, 2.45) is 11.8 Å². The Balaban J connectivity index is 1.61. The van der Waals surface area contributed by atoms with Gasteiger partial charge in [-0.05, 0) is 44.1 Å². The third-order valence-electron chi connectivity index (χ3n) is 4.21. The van der Waals surface area contributed by atoms with E-state index in [9.17, 15) is 9.59 Å². The first kappa shape index (κ1) is 17.3. The lowest BCUT2D eigenvalue weighted by Gasteiger charge is -2.27. The van der Waals surface area contributed by atoms with Crippen molar-refractivity contribution in [3.8, 4) is 0 Å². The fourth-order valence-electron chi connectivity index (χ4n) is 2.86. The summed E-state index contributed by atoms with van der Waals surface area (Å²) in [5, 5.41) is 2.81. The second-order valence-corrected chi connectivity index (χ2v) is 5.91. The zero-order valence-corrected chi connectivity index (χ0v) is 13.6. The molecule has 1 aliphatic carbocycles. The third-order valence-corrected chi connectivity index (χ3v) is 4.21. The molecule has 1 amide bonds. The molecule has 0 saturated heterocycles. The maximum absolute atomic E-state index is 11.7. The van der Waals surface area contributed by atoms with Crippen molar-refractivity contribution in [2.75, 3.05) is 13.2 Å². The van der Waals surface area contributed by atoms with Gasteiger partial charge in [-0.3, -0.25) is 4.79 Å². The molecule has 5 nitrogen and oxygen atoms in total. The number of benzene rings is 1. The molecule has 5 heteroatoms. The monoisotopic (exact) mass is 319 g/mol. The minimum Gasteiger partial charge on any atom is -0.466 e. The molecule has 1 fully saturated rings. The normalized spacial score (nSPS) is 20.6. The van der Waals surface area contributed by atoms with Crippen LogP contribution in [-0.2, 0) is 20.9 Å². The van der Waals surface area contributed by atoms with Gasteiger partial charge in [0.05, 0.1) is 12.5 Å². The lowest BCUT2D eigenvalue weighted by Crippen LogP contribution is -2.33. The van der Waals surface area contributed by atoms with Gasteiger partial charge in [0.2, 0.25) is 0 Å². The molecule has 0 aromatic heterocycles. The van der Waals surface area contributed by atoms with E-state index >= 15 is 0 Å². The summed E-state index contributed by atoms with van der Waals surface area (Å²) in [6.07, 6.45) is 3.15. The molecule has 2 rings (SSSR count). The first-order chi connectivity index (χ1) is 11.2. The Morgan fingerprint density at radius 3 is 2.43 bits per heavy atom. The number of hydrogen-bond donors (Lipinski definition) is 1. The summed E-state index contributed by atoms with van der Waals surface area (Å²) in [6, 6.07) is 9.60. The van der Waals surface area contributed by atoms with Crippen LogP contribution >= 0.6 is 0 Å². The van der Waals surface area contributed by atoms with Crippen LogP contribution in [0, 0.1) is 11.8 Å². The van der Waals surface area contributed by atoms with Crippen LogP contribution in [0.25, 0.3) is 0 Å². The van der Waals surface area contributed by atoms with E-state index in [1.807, 2.05) is 37.3 Å². The van der Waals surface area contributed by atoms with Gasteiger partial charge in [-0.1, -0.05) is 30.3 Å². The zero-order chi connectivity index (χ0) is 16.5. The maximum atomic E-state index is 11.7. The highest BCUT2D eigenvalue weighted by atomic mass is 16.5. The average Bonchev–Trinajstić information content (AvgIpc) is 2.59. The summed E-state index contributed by atoms with van der Waals surface area (Å²) in [7, 11) is 0. The van der Waals surface area contributed by atoms with E-state index in [4.69, 9.17) is 9.47 Å². The largest absolute Gasteiger partial charge is 0.466 e. The number of esters is 1. The van der Waals surface area contributed by atoms with Crippen molar-refractivity contribution in [1.82, 2.24) is 5.32 Å². The fraction of sp³-hybridized carbons (Fsp3) is 0.556. The van der Waals surface area contributed by atoms with E-state index < -0.39 is 0 Å². The van der Waals surface area contributed by atoms with E-state index in [0.29, 0.717) is 19.1 Å². The topological polar surface area (TPSA) is 64.6 Å². The van der Waals surface area contributed by atoms with Crippen LogP contribution in [0.4, 0.5) is 4.79 Å². The molecule has 23 heavy (non-hydrogen) atoms. The van der Waals surface area contributed by atoms with E-state index in [1.165, 1.54) is 0 Å². The summed E-state index contributed by atoms with van der Waals surface area (Å²) >= 11 is 0. The Morgan fingerprint density at radius 1 is 1.09 bits per heavy atom. The number of carbonyl (C=O) groups is 2. The Hall–Kier alpha value is -2.04. The van der Waals surface area contributed by atoms with Crippen molar-refractivity contribution >= 4 is 12.1 Å². The van der Waals surface area contributed by atoms with Crippen LogP contribution in [0.5, 0.6) is 0 Å². The number of alkyl carbamates (subject to hydrolysis) is 1. The van der Waals surface area contributed by atoms with Gasteiger partial charge in [-0.15, -0.1) is 0 Å². The molecule has 0 aliphatic heterocycles. The zero-order valence-electron chi connectivity index (χ0n) is 13.6. The molecule has 1 aliphatic rings. The molecule has 0 radical (unpaired) electrons. The predicted octanol–water partition coefficient (Wildman–Crippen LogP) is 3.28. The second kappa shape index (κ2) is 9.18. The van der Waals surface area contributed by atoms with Crippen molar-refractivity contribution in [1.29, 1.82) is 0 Å². The van der Waals surface area contributed by atoms with Crippen LogP contribution < -0.4 is 5.32 Å². The van der Waals surface area contributed by atoms with Gasteiger partial charge in [0.25, 0.3) is 0 Å². The number of rotatable bonds is 6. The van der Waals surface area contributed by atoms with Gasteiger partial charge in [-0.25, -0.2) is 4.79 Å². The van der Waals surface area contributed by atoms with Crippen LogP contribution in [0.1, 0.15) is 38.2 Å². The minimum absolute atomic E-state index is 0.0243. The number of amides is 1. The molecular weight excluding hydrogens is 294 g/mol. The van der Waals surface area contributed by atoms with E-state index in [0.717, 1.165) is 31.2 Å². The lowest BCUT2D eigenvalue weighted by molar-refractivity contribution is -0.149. The number of hydrogen-bond acceptors (Lipinski definition) is 4. The van der Waals surface area contributed by atoms with E-state index in [-0.39, 0.29) is 24.6 Å². The van der Waals surface area contributed by atoms with E-state index in [1.54, 1.807) is 0 Å². The number of carbonyl (C=O) groups excluding carboxylic acids is 2. The number of nitrogens with one attached hydrogen (secondary N) is 1. The summed E-state index contributed by atoms with van der Waals surface area (Å²) in [5.41, 5.74) is 0.970. The number of ether oxygens (including phenoxy) is 2. The molecule has 1 N–H and O–H groups in total. The predicted molar refractivity (Wildman–Crippen MR) is 86.7 cm³/mol. The standard InChI is InChI=1S/C18H25NO4/c1-2-22-17(20)16-10-8-14(9-11-16)12-19-18(21)23-13-15-6-4-3-5-7-15/h3-7,14,16H,2,8-13H2,1H3,(H,19,21). The molecule has 0 heterocycles. The van der Waals surface area contributed by atoms with Crippen molar-refractivity contribution < 1.29 is 19.1 Å². The highest BCUT2D eigenvalue weighted by Crippen LogP contribution is 2.29. The summed E-state index contributed by atoms with van der Waals surface area (Å²) < 4.78 is 10.2. The average molecular weight is 319 g/mol. The molecular formula is C18H25NO4. The van der Waals surface area contributed by atoms with Crippen molar-refractivity contribution in [2.45, 2.75) is 39.2 Å². The summed E-state index contributed by atoms with van der Waals surface area (Å²) in [5.74, 6) is 0.349. The van der Waals surface area contributed by atoms with Crippen LogP contribution in [0.2, 0.25) is 0 Å². The molecule has 126 valence electrons. The van der Waals surface area contributed by atoms with Crippen LogP contribution in [-0.4, -0.2) is 25.2 Å². The Labute approximate surface area is 137 Å². The molecule has 0 spiro atoms. The Bertz CT molecular complexity index is 495. The van der Waals surface area contributed by atoms with Gasteiger partial charge in [-0.2, -0.15) is 0 Å². The lowest BCUT2D eigenvalue weighted by atomic mass is 9.82. The molecule has 0 unspecified atom stereocenters. The first-order valence-electron chi connectivity index (χ1n) is 8.30. The summed E-state index contributed by atoms with van der Waals surface area (Å²) in [4.78, 5) is 23.4. The molecule has 1 aromatic carbocycles. The van der Waals surface area contributed by atoms with Gasteiger partial charge in [0.15, 0.2) is 0 Å². The smallest absolute Gasteiger partial charge is 0.407 e. The van der Waals surface area contributed by atoms with Gasteiger partial charge >= 0.3 is 12.1 Å². The van der Waals surface area contributed by atoms with Crippen LogP contribution in [0.15, 0.2) is 30.3 Å². The molecule has 0 atom stereocenters. The molecule has 0 bridgehead atoms. The second-order valence-electron chi connectivity index (χ2n) is 5.91. The van der Waals surface area contributed by atoms with Crippen LogP contribution in [0.3, 0.4) is 0 Å². The highest BCUT2D eigenvalue weighted by molar-refractivity contribution is 5.72. The molecule has 1 saturated carbocycles. The van der Waals surface area contributed by atoms with Gasteiger partial charge < -0.3 is 14.8 Å². The Morgan fingerprint density at radius 2 is 1.78 bits per heavy atom. The fourth-order valence-corrected chi connectivity index (χ4v) is 2.86. The van der Waals surface area contributed by atoms with Gasteiger partial charge in [0, 0.05) is 6.54 Å². The van der Waals surface area contributed by atoms with Crippen molar-refractivity contribution in [3.63, 3.8) is 0 Å². The quantitative estimate of drug-likeness (QED) is 0.817. The molecule has 1 aromatic rings. The highest BCUT2D eigenvalue weighted by Gasteiger charge is 2.27. The van der Waals surface area contributed by atoms with Crippen molar-refractivity contribution in [3.05, 3.63) is 35.9 Å². The third kappa shape index (κ3) is 5.93. The van der Waals surface area contributed by atoms with E-state index in [2.05, 4.69) is 5.32 Å². The first-order valence-corrected chi connectivity index (χ1v) is 8.30. The van der Waals surface area contributed by atoms with Gasteiger partial charge in [0.1, 0.15) is 6.61 Å². The minimum atomic E-state index is -0.388.